The lowest BCUT2D eigenvalue weighted by molar-refractivity contribution is -0.155. The number of carboxylic acid groups (broad SMARTS) is 1. The van der Waals surface area contributed by atoms with Crippen molar-refractivity contribution in [1.29, 1.82) is 0 Å². The predicted octanol–water partition coefficient (Wildman–Crippen LogP) is 0.915. The van der Waals surface area contributed by atoms with Crippen LogP contribution in [0.5, 0.6) is 0 Å². The molecule has 0 spiro atoms. The molecular weight excluding hydrogens is 234 g/mol. The molecule has 0 saturated heterocycles. The lowest BCUT2D eigenvalue weighted by Crippen LogP contribution is -2.48. The Hall–Kier alpha value is -1.88. The number of carbonyl (C=O) groups is 2. The number of ketones is 1. The maximum Gasteiger partial charge on any atom is 0.337 e. The third-order valence-electron chi connectivity index (χ3n) is 3.11. The standard InChI is InChI=1S/C13H15NO4/c1-13(18,12(16)17)8-14-7-6-11(15)9-4-2-3-5-10(9)14/h2-5,18H,6-8H2,1H3,(H,16,17). The first kappa shape index (κ1) is 12.6. The molecule has 1 aliphatic rings. The quantitative estimate of drug-likeness (QED) is 0.832. The van der Waals surface area contributed by atoms with E-state index in [1.165, 1.54) is 6.92 Å². The van der Waals surface area contributed by atoms with Crippen molar-refractivity contribution >= 4 is 17.4 Å². The van der Waals surface area contributed by atoms with E-state index in [0.717, 1.165) is 0 Å². The number of β-amino-alcohol motifs (C(OH)–C–C–N with tert-alkyl or cyclic N) is 1. The van der Waals surface area contributed by atoms with Gasteiger partial charge in [-0.15, -0.1) is 0 Å². The number of rotatable bonds is 3. The second-order valence-corrected chi connectivity index (χ2v) is 4.69. The van der Waals surface area contributed by atoms with Crippen molar-refractivity contribution in [3.63, 3.8) is 0 Å². The molecule has 0 bridgehead atoms. The minimum Gasteiger partial charge on any atom is -0.479 e. The zero-order chi connectivity index (χ0) is 13.3. The Morgan fingerprint density at radius 2 is 2.11 bits per heavy atom. The Morgan fingerprint density at radius 1 is 1.44 bits per heavy atom. The molecule has 1 aromatic carbocycles. The number of hydrogen-bond acceptors (Lipinski definition) is 4. The van der Waals surface area contributed by atoms with E-state index in [0.29, 0.717) is 24.2 Å². The van der Waals surface area contributed by atoms with Gasteiger partial charge in [-0.3, -0.25) is 4.79 Å². The van der Waals surface area contributed by atoms with Gasteiger partial charge in [-0.2, -0.15) is 0 Å². The van der Waals surface area contributed by atoms with Gasteiger partial charge in [-0.05, 0) is 19.1 Å². The number of anilines is 1. The molecule has 2 N–H and O–H groups in total. The molecule has 1 unspecified atom stereocenters. The third-order valence-corrected chi connectivity index (χ3v) is 3.11. The largest absolute Gasteiger partial charge is 0.479 e. The van der Waals surface area contributed by atoms with Crippen LogP contribution in [0.2, 0.25) is 0 Å². The van der Waals surface area contributed by atoms with Crippen molar-refractivity contribution in [2.75, 3.05) is 18.0 Å². The summed E-state index contributed by atoms with van der Waals surface area (Å²) in [4.78, 5) is 24.4. The second kappa shape index (κ2) is 4.42. The minimum absolute atomic E-state index is 0.0351. The normalized spacial score (nSPS) is 18.1. The lowest BCUT2D eigenvalue weighted by atomic mass is 9.98. The van der Waals surface area contributed by atoms with Crippen molar-refractivity contribution in [3.8, 4) is 0 Å². The number of nitrogens with zero attached hydrogens (tertiary/aromatic N) is 1. The predicted molar refractivity (Wildman–Crippen MR) is 65.9 cm³/mol. The average molecular weight is 249 g/mol. The van der Waals surface area contributed by atoms with E-state index in [2.05, 4.69) is 0 Å². The van der Waals surface area contributed by atoms with Crippen molar-refractivity contribution in [3.05, 3.63) is 29.8 Å². The number of carboxylic acids is 1. The van der Waals surface area contributed by atoms with Crippen LogP contribution in [0.15, 0.2) is 24.3 Å². The number of aliphatic carboxylic acids is 1. The number of fused-ring (bicyclic) bond motifs is 1. The van der Waals surface area contributed by atoms with Crippen molar-refractivity contribution in [2.45, 2.75) is 18.9 Å². The molecule has 5 heteroatoms. The highest BCUT2D eigenvalue weighted by Crippen LogP contribution is 2.27. The van der Waals surface area contributed by atoms with Gasteiger partial charge in [0.15, 0.2) is 11.4 Å². The van der Waals surface area contributed by atoms with Gasteiger partial charge in [-0.25, -0.2) is 4.79 Å². The fourth-order valence-electron chi connectivity index (χ4n) is 2.08. The van der Waals surface area contributed by atoms with E-state index in [-0.39, 0.29) is 12.3 Å². The van der Waals surface area contributed by atoms with Crippen LogP contribution < -0.4 is 4.90 Å². The summed E-state index contributed by atoms with van der Waals surface area (Å²) in [6.07, 6.45) is 0.340. The van der Waals surface area contributed by atoms with Gasteiger partial charge in [0.2, 0.25) is 0 Å². The first-order valence-corrected chi connectivity index (χ1v) is 5.75. The van der Waals surface area contributed by atoms with Crippen LogP contribution in [0, 0.1) is 0 Å². The first-order valence-electron chi connectivity index (χ1n) is 5.75. The highest BCUT2D eigenvalue weighted by Gasteiger charge is 2.34. The third kappa shape index (κ3) is 2.22. The highest BCUT2D eigenvalue weighted by atomic mass is 16.4. The number of carbonyl (C=O) groups excluding carboxylic acids is 1. The minimum atomic E-state index is -1.83. The van der Waals surface area contributed by atoms with Crippen LogP contribution in [-0.2, 0) is 4.79 Å². The number of para-hydroxylation sites is 1. The van der Waals surface area contributed by atoms with Crippen LogP contribution in [0.25, 0.3) is 0 Å². The molecule has 1 aromatic rings. The molecule has 0 amide bonds. The summed E-state index contributed by atoms with van der Waals surface area (Å²) in [6, 6.07) is 7.05. The Kier molecular flexibility index (Phi) is 3.09. The summed E-state index contributed by atoms with van der Waals surface area (Å²) in [5, 5.41) is 18.7. The van der Waals surface area contributed by atoms with Gasteiger partial charge < -0.3 is 15.1 Å². The van der Waals surface area contributed by atoms with Gasteiger partial charge in [0, 0.05) is 24.2 Å². The van der Waals surface area contributed by atoms with Crippen LogP contribution in [0.3, 0.4) is 0 Å². The molecule has 1 aliphatic heterocycles. The SMILES string of the molecule is CC(O)(CN1CCC(=O)c2ccccc21)C(=O)O. The average Bonchev–Trinajstić information content (AvgIpc) is 2.33. The van der Waals surface area contributed by atoms with Crippen LogP contribution >= 0.6 is 0 Å². The summed E-state index contributed by atoms with van der Waals surface area (Å²) in [7, 11) is 0. The molecule has 5 nitrogen and oxygen atoms in total. The Bertz CT molecular complexity index is 496. The molecule has 1 atom stereocenters. The molecule has 2 rings (SSSR count). The number of benzene rings is 1. The summed E-state index contributed by atoms with van der Waals surface area (Å²) < 4.78 is 0. The van der Waals surface area contributed by atoms with Crippen LogP contribution in [-0.4, -0.2) is 40.7 Å². The molecule has 0 aliphatic carbocycles. The fraction of sp³-hybridized carbons (Fsp3) is 0.385. The molecule has 18 heavy (non-hydrogen) atoms. The van der Waals surface area contributed by atoms with Crippen molar-refractivity contribution < 1.29 is 19.8 Å². The first-order chi connectivity index (χ1) is 8.42. The van der Waals surface area contributed by atoms with E-state index < -0.39 is 11.6 Å². The van der Waals surface area contributed by atoms with E-state index in [1.54, 1.807) is 29.2 Å². The van der Waals surface area contributed by atoms with Gasteiger partial charge >= 0.3 is 5.97 Å². The van der Waals surface area contributed by atoms with E-state index in [1.807, 2.05) is 0 Å². The van der Waals surface area contributed by atoms with Gasteiger partial charge in [0.1, 0.15) is 0 Å². The summed E-state index contributed by atoms with van der Waals surface area (Å²) in [5.74, 6) is -1.21. The molecule has 0 saturated carbocycles. The highest BCUT2D eigenvalue weighted by molar-refractivity contribution is 6.03. The lowest BCUT2D eigenvalue weighted by Gasteiger charge is -2.34. The fourth-order valence-corrected chi connectivity index (χ4v) is 2.08. The van der Waals surface area contributed by atoms with E-state index in [4.69, 9.17) is 5.11 Å². The van der Waals surface area contributed by atoms with Crippen LogP contribution in [0.1, 0.15) is 23.7 Å². The van der Waals surface area contributed by atoms with Gasteiger partial charge in [0.05, 0.1) is 6.54 Å². The number of Topliss-reactive ketones (excluding diaryl/α,β-unsaturated/α-hetero) is 1. The van der Waals surface area contributed by atoms with E-state index >= 15 is 0 Å². The molecule has 0 aromatic heterocycles. The molecule has 0 fully saturated rings. The smallest absolute Gasteiger partial charge is 0.337 e. The summed E-state index contributed by atoms with van der Waals surface area (Å²) >= 11 is 0. The van der Waals surface area contributed by atoms with E-state index in [9.17, 15) is 14.7 Å². The van der Waals surface area contributed by atoms with Crippen molar-refractivity contribution in [1.82, 2.24) is 0 Å². The molecule has 1 heterocycles. The second-order valence-electron chi connectivity index (χ2n) is 4.69. The zero-order valence-corrected chi connectivity index (χ0v) is 10.1. The summed E-state index contributed by atoms with van der Waals surface area (Å²) in [6.45, 7) is 1.65. The molecule has 96 valence electrons. The van der Waals surface area contributed by atoms with Gasteiger partial charge in [-0.1, -0.05) is 12.1 Å². The maximum absolute atomic E-state index is 11.7. The van der Waals surface area contributed by atoms with Gasteiger partial charge in [0.25, 0.3) is 0 Å². The number of hydrogen-bond donors (Lipinski definition) is 2. The summed E-state index contributed by atoms with van der Waals surface area (Å²) in [5.41, 5.74) is -0.548. The number of aliphatic hydroxyl groups is 1. The monoisotopic (exact) mass is 249 g/mol. The molecular formula is C13H15NO4. The Labute approximate surface area is 105 Å². The maximum atomic E-state index is 11.7. The Morgan fingerprint density at radius 3 is 2.78 bits per heavy atom. The Balaban J connectivity index is 2.30. The zero-order valence-electron chi connectivity index (χ0n) is 10.1. The van der Waals surface area contributed by atoms with Crippen LogP contribution in [0.4, 0.5) is 5.69 Å². The topological polar surface area (TPSA) is 77.8 Å². The van der Waals surface area contributed by atoms with Crippen molar-refractivity contribution in [2.24, 2.45) is 0 Å². The molecule has 0 radical (unpaired) electrons.